The van der Waals surface area contributed by atoms with Gasteiger partial charge in [-0.05, 0) is 37.3 Å². The molecule has 0 bridgehead atoms. The molecular weight excluding hydrogens is 318 g/mol. The van der Waals surface area contributed by atoms with Gasteiger partial charge in [-0.2, -0.15) is 0 Å². The molecule has 0 atom stereocenters. The van der Waals surface area contributed by atoms with Gasteiger partial charge in [0.05, 0.1) is 5.01 Å². The first-order valence-electron chi connectivity index (χ1n) is 8.73. The molecule has 2 heterocycles. The predicted octanol–water partition coefficient (Wildman–Crippen LogP) is 2.77. The number of nitrogens with zero attached hydrogens (tertiary/aromatic N) is 3. The summed E-state index contributed by atoms with van der Waals surface area (Å²) < 4.78 is 0. The highest BCUT2D eigenvalue weighted by Crippen LogP contribution is 2.26. The molecule has 0 saturated carbocycles. The molecule has 2 aromatic rings. The van der Waals surface area contributed by atoms with Gasteiger partial charge < -0.3 is 4.90 Å². The molecule has 1 fully saturated rings. The lowest BCUT2D eigenvalue weighted by Gasteiger charge is -2.27. The zero-order chi connectivity index (χ0) is 16.5. The minimum atomic E-state index is 0.0934. The van der Waals surface area contributed by atoms with Crippen LogP contribution in [0, 0.1) is 6.92 Å². The van der Waals surface area contributed by atoms with E-state index in [2.05, 4.69) is 34.1 Å². The molecule has 126 valence electrons. The van der Waals surface area contributed by atoms with E-state index in [9.17, 15) is 4.79 Å². The minimum absolute atomic E-state index is 0.0934. The Bertz CT molecular complexity index is 717. The molecule has 4 rings (SSSR count). The van der Waals surface area contributed by atoms with Gasteiger partial charge in [-0.15, -0.1) is 11.3 Å². The fourth-order valence-electron chi connectivity index (χ4n) is 3.92. The van der Waals surface area contributed by atoms with Crippen LogP contribution in [0.4, 0.5) is 0 Å². The molecule has 1 aromatic carbocycles. The quantitative estimate of drug-likeness (QED) is 0.843. The summed E-state index contributed by atoms with van der Waals surface area (Å²) >= 11 is 1.55. The zero-order valence-electron chi connectivity index (χ0n) is 14.1. The maximum Gasteiger partial charge on any atom is 0.273 e. The van der Waals surface area contributed by atoms with Crippen LogP contribution >= 0.6 is 11.3 Å². The molecule has 4 nitrogen and oxygen atoms in total. The third-order valence-corrected chi connectivity index (χ3v) is 5.98. The van der Waals surface area contributed by atoms with Gasteiger partial charge in [-0.25, -0.2) is 4.98 Å². The summed E-state index contributed by atoms with van der Waals surface area (Å²) in [5.74, 6) is 0.0934. The molecule has 1 saturated heterocycles. The van der Waals surface area contributed by atoms with Crippen molar-refractivity contribution < 1.29 is 4.79 Å². The maximum atomic E-state index is 12.6. The van der Waals surface area contributed by atoms with Crippen molar-refractivity contribution in [1.29, 1.82) is 0 Å². The lowest BCUT2D eigenvalue weighted by atomic mass is 10.1. The number of thiazole rings is 1. The van der Waals surface area contributed by atoms with Crippen molar-refractivity contribution in [1.82, 2.24) is 14.8 Å². The summed E-state index contributed by atoms with van der Waals surface area (Å²) in [5.41, 5.74) is 3.61. The average molecular weight is 341 g/mol. The van der Waals surface area contributed by atoms with E-state index < -0.39 is 0 Å². The highest BCUT2D eigenvalue weighted by Gasteiger charge is 2.29. The molecule has 1 aliphatic heterocycles. The van der Waals surface area contributed by atoms with Crippen LogP contribution in [0.1, 0.15) is 33.0 Å². The Balaban J connectivity index is 1.39. The van der Waals surface area contributed by atoms with Crippen molar-refractivity contribution in [2.24, 2.45) is 0 Å². The lowest BCUT2D eigenvalue weighted by molar-refractivity contribution is 0.0753. The van der Waals surface area contributed by atoms with Crippen molar-refractivity contribution in [2.75, 3.05) is 26.2 Å². The number of rotatable bonds is 2. The van der Waals surface area contributed by atoms with Crippen LogP contribution in [0.15, 0.2) is 29.6 Å². The fourth-order valence-corrected chi connectivity index (χ4v) is 4.51. The SMILES string of the molecule is Cc1nc(C(=O)N2CCCN(C3Cc4ccccc4C3)CC2)cs1. The molecule has 0 spiro atoms. The Hall–Kier alpha value is -1.72. The second kappa shape index (κ2) is 6.65. The first-order valence-corrected chi connectivity index (χ1v) is 9.61. The fraction of sp³-hybridized carbons (Fsp3) is 0.474. The number of aromatic nitrogens is 1. The summed E-state index contributed by atoms with van der Waals surface area (Å²) in [6.07, 6.45) is 3.34. The van der Waals surface area contributed by atoms with E-state index in [0.29, 0.717) is 11.7 Å². The van der Waals surface area contributed by atoms with E-state index in [1.807, 2.05) is 17.2 Å². The standard InChI is InChI=1S/C19H23N3OS/c1-14-20-18(13-24-14)19(23)22-8-4-7-21(9-10-22)17-11-15-5-2-3-6-16(15)12-17/h2-3,5-6,13,17H,4,7-12H2,1H3. The van der Waals surface area contributed by atoms with Gasteiger partial charge >= 0.3 is 0 Å². The second-order valence-electron chi connectivity index (χ2n) is 6.76. The number of amides is 1. The highest BCUT2D eigenvalue weighted by molar-refractivity contribution is 7.09. The Labute approximate surface area is 147 Å². The highest BCUT2D eigenvalue weighted by atomic mass is 32.1. The number of aryl methyl sites for hydroxylation is 1. The van der Waals surface area contributed by atoms with Crippen LogP contribution in [0.5, 0.6) is 0 Å². The Morgan fingerprint density at radius 1 is 1.12 bits per heavy atom. The van der Waals surface area contributed by atoms with Gasteiger partial charge in [0, 0.05) is 37.6 Å². The largest absolute Gasteiger partial charge is 0.336 e. The third-order valence-electron chi connectivity index (χ3n) is 5.20. The molecule has 1 aliphatic carbocycles. The topological polar surface area (TPSA) is 36.4 Å². The van der Waals surface area contributed by atoms with Gasteiger partial charge in [-0.1, -0.05) is 24.3 Å². The third kappa shape index (κ3) is 3.10. The van der Waals surface area contributed by atoms with Crippen molar-refractivity contribution in [3.63, 3.8) is 0 Å². The minimum Gasteiger partial charge on any atom is -0.336 e. The molecule has 5 heteroatoms. The summed E-state index contributed by atoms with van der Waals surface area (Å²) in [5, 5.41) is 2.84. The van der Waals surface area contributed by atoms with E-state index in [1.165, 1.54) is 11.1 Å². The zero-order valence-corrected chi connectivity index (χ0v) is 14.9. The molecular formula is C19H23N3OS. The Morgan fingerprint density at radius 2 is 1.88 bits per heavy atom. The van der Waals surface area contributed by atoms with Crippen LogP contribution in [0.2, 0.25) is 0 Å². The van der Waals surface area contributed by atoms with Gasteiger partial charge in [0.2, 0.25) is 0 Å². The Morgan fingerprint density at radius 3 is 2.54 bits per heavy atom. The molecule has 0 N–H and O–H groups in total. The lowest BCUT2D eigenvalue weighted by Crippen LogP contribution is -2.40. The summed E-state index contributed by atoms with van der Waals surface area (Å²) in [6, 6.07) is 9.39. The van der Waals surface area contributed by atoms with E-state index in [-0.39, 0.29) is 5.91 Å². The monoisotopic (exact) mass is 341 g/mol. The Kier molecular flexibility index (Phi) is 4.37. The van der Waals surface area contributed by atoms with E-state index in [0.717, 1.165) is 50.4 Å². The number of hydrogen-bond donors (Lipinski definition) is 0. The predicted molar refractivity (Wildman–Crippen MR) is 96.6 cm³/mol. The summed E-state index contributed by atoms with van der Waals surface area (Å²) in [4.78, 5) is 21.5. The normalized spacial score (nSPS) is 19.3. The molecule has 0 unspecified atom stereocenters. The molecule has 1 amide bonds. The number of benzene rings is 1. The summed E-state index contributed by atoms with van der Waals surface area (Å²) in [6.45, 7) is 5.64. The molecule has 2 aliphatic rings. The number of carbonyl (C=O) groups is 1. The van der Waals surface area contributed by atoms with E-state index in [1.54, 1.807) is 11.3 Å². The molecule has 0 radical (unpaired) electrons. The first-order chi connectivity index (χ1) is 11.7. The van der Waals surface area contributed by atoms with E-state index >= 15 is 0 Å². The van der Waals surface area contributed by atoms with Gasteiger partial charge in [0.15, 0.2) is 0 Å². The molecule has 1 aromatic heterocycles. The second-order valence-corrected chi connectivity index (χ2v) is 7.83. The number of hydrogen-bond acceptors (Lipinski definition) is 4. The smallest absolute Gasteiger partial charge is 0.273 e. The first kappa shape index (κ1) is 15.8. The van der Waals surface area contributed by atoms with Crippen LogP contribution in [0.3, 0.4) is 0 Å². The van der Waals surface area contributed by atoms with Crippen molar-refractivity contribution >= 4 is 17.2 Å². The van der Waals surface area contributed by atoms with Crippen LogP contribution in [0.25, 0.3) is 0 Å². The average Bonchev–Trinajstić information content (AvgIpc) is 3.13. The van der Waals surface area contributed by atoms with Gasteiger partial charge in [0.1, 0.15) is 5.69 Å². The van der Waals surface area contributed by atoms with Crippen molar-refractivity contribution in [2.45, 2.75) is 32.2 Å². The summed E-state index contributed by atoms with van der Waals surface area (Å²) in [7, 11) is 0. The van der Waals surface area contributed by atoms with Crippen LogP contribution in [-0.4, -0.2) is 52.9 Å². The van der Waals surface area contributed by atoms with Gasteiger partial charge in [-0.3, -0.25) is 9.69 Å². The van der Waals surface area contributed by atoms with Crippen molar-refractivity contribution in [3.8, 4) is 0 Å². The number of carbonyl (C=O) groups excluding carboxylic acids is 1. The van der Waals surface area contributed by atoms with Crippen LogP contribution in [-0.2, 0) is 12.8 Å². The molecule has 24 heavy (non-hydrogen) atoms. The van der Waals surface area contributed by atoms with Crippen molar-refractivity contribution in [3.05, 3.63) is 51.5 Å². The van der Waals surface area contributed by atoms with E-state index in [4.69, 9.17) is 0 Å². The van der Waals surface area contributed by atoms with Gasteiger partial charge in [0.25, 0.3) is 5.91 Å². The number of fused-ring (bicyclic) bond motifs is 1. The van der Waals surface area contributed by atoms with Crippen LogP contribution < -0.4 is 0 Å². The maximum absolute atomic E-state index is 12.6.